The maximum atomic E-state index is 11.4. The van der Waals surface area contributed by atoms with E-state index in [0.717, 1.165) is 19.4 Å². The van der Waals surface area contributed by atoms with Gasteiger partial charge in [0.1, 0.15) is 6.04 Å². The van der Waals surface area contributed by atoms with Crippen molar-refractivity contribution < 1.29 is 29.3 Å². The average Bonchev–Trinajstić information content (AvgIpc) is 2.80. The van der Waals surface area contributed by atoms with Crippen LogP contribution in [0.5, 0.6) is 0 Å². The first-order valence-corrected chi connectivity index (χ1v) is 6.05. The average molecular weight is 274 g/mol. The van der Waals surface area contributed by atoms with E-state index in [4.69, 9.17) is 14.9 Å². The number of rotatable bonds is 7. The molecular formula is C11H18N2O6. The van der Waals surface area contributed by atoms with Crippen LogP contribution in [0.4, 0.5) is 4.79 Å². The number of carboxylic acids is 2. The number of hydrogen-bond acceptors (Lipinski definition) is 4. The lowest BCUT2D eigenvalue weighted by molar-refractivity contribution is -0.145. The Labute approximate surface area is 110 Å². The van der Waals surface area contributed by atoms with Crippen LogP contribution in [-0.2, 0) is 14.3 Å². The van der Waals surface area contributed by atoms with Crippen LogP contribution in [0.2, 0.25) is 0 Å². The summed E-state index contributed by atoms with van der Waals surface area (Å²) in [4.78, 5) is 32.6. The summed E-state index contributed by atoms with van der Waals surface area (Å²) in [6.07, 6.45) is 1.06. The molecule has 0 radical (unpaired) electrons. The summed E-state index contributed by atoms with van der Waals surface area (Å²) in [5, 5.41) is 21.9. The molecule has 1 fully saturated rings. The molecule has 1 saturated heterocycles. The third-order valence-electron chi connectivity index (χ3n) is 2.84. The Bertz CT molecular complexity index is 340. The summed E-state index contributed by atoms with van der Waals surface area (Å²) in [6, 6.07) is -2.10. The summed E-state index contributed by atoms with van der Waals surface area (Å²) >= 11 is 0. The number of aliphatic carboxylic acids is 2. The summed E-state index contributed by atoms with van der Waals surface area (Å²) in [7, 11) is 0. The van der Waals surface area contributed by atoms with Crippen LogP contribution in [0.1, 0.15) is 19.3 Å². The fourth-order valence-electron chi connectivity index (χ4n) is 1.78. The number of ether oxygens (including phenoxy) is 1. The quantitative estimate of drug-likeness (QED) is 0.502. The molecular weight excluding hydrogens is 256 g/mol. The summed E-state index contributed by atoms with van der Waals surface area (Å²) < 4.78 is 5.18. The first kappa shape index (κ1) is 15.2. The Hall–Kier alpha value is -1.83. The van der Waals surface area contributed by atoms with Gasteiger partial charge in [0, 0.05) is 19.8 Å². The van der Waals surface area contributed by atoms with Crippen LogP contribution in [0.3, 0.4) is 0 Å². The van der Waals surface area contributed by atoms with E-state index >= 15 is 0 Å². The normalized spacial score (nSPS) is 19.7. The highest BCUT2D eigenvalue weighted by Gasteiger charge is 2.23. The highest BCUT2D eigenvalue weighted by molar-refractivity contribution is 5.86. The second kappa shape index (κ2) is 7.57. The number of carbonyl (C=O) groups excluding carboxylic acids is 1. The first-order chi connectivity index (χ1) is 8.99. The predicted octanol–water partition coefficient (Wildman–Crippen LogP) is -0.360. The Morgan fingerprint density at radius 3 is 2.58 bits per heavy atom. The van der Waals surface area contributed by atoms with Crippen molar-refractivity contribution in [3.8, 4) is 0 Å². The molecule has 8 heteroatoms. The standard InChI is InChI=1S/C11H18N2O6/c14-9(15)5-8(10(16)17)13-11(18)12-3-1-7-2-4-19-6-7/h7-8H,1-6H2,(H,14,15)(H,16,17)(H2,12,13,18). The minimum Gasteiger partial charge on any atom is -0.481 e. The first-order valence-electron chi connectivity index (χ1n) is 6.05. The maximum absolute atomic E-state index is 11.4. The van der Waals surface area contributed by atoms with E-state index in [1.165, 1.54) is 0 Å². The third-order valence-corrected chi connectivity index (χ3v) is 2.84. The van der Waals surface area contributed by atoms with E-state index in [1.807, 2.05) is 0 Å². The molecule has 0 bridgehead atoms. The molecule has 108 valence electrons. The number of carbonyl (C=O) groups is 3. The zero-order valence-corrected chi connectivity index (χ0v) is 10.4. The lowest BCUT2D eigenvalue weighted by atomic mass is 10.1. The van der Waals surface area contributed by atoms with Gasteiger partial charge in [0.05, 0.1) is 6.42 Å². The molecule has 0 aromatic rings. The summed E-state index contributed by atoms with van der Waals surface area (Å²) in [5.74, 6) is -2.24. The molecule has 1 heterocycles. The molecule has 2 atom stereocenters. The summed E-state index contributed by atoms with van der Waals surface area (Å²) in [6.45, 7) is 1.82. The lowest BCUT2D eigenvalue weighted by Gasteiger charge is -2.14. The van der Waals surface area contributed by atoms with E-state index in [1.54, 1.807) is 0 Å². The van der Waals surface area contributed by atoms with Crippen molar-refractivity contribution in [1.29, 1.82) is 0 Å². The summed E-state index contributed by atoms with van der Waals surface area (Å²) in [5.41, 5.74) is 0. The topological polar surface area (TPSA) is 125 Å². The highest BCUT2D eigenvalue weighted by atomic mass is 16.5. The number of carboxylic acid groups (broad SMARTS) is 2. The molecule has 1 aliphatic rings. The monoisotopic (exact) mass is 274 g/mol. The van der Waals surface area contributed by atoms with Gasteiger partial charge in [-0.3, -0.25) is 4.79 Å². The van der Waals surface area contributed by atoms with Crippen molar-refractivity contribution >= 4 is 18.0 Å². The molecule has 4 N–H and O–H groups in total. The van der Waals surface area contributed by atoms with Crippen molar-refractivity contribution in [2.45, 2.75) is 25.3 Å². The van der Waals surface area contributed by atoms with Gasteiger partial charge in [0.25, 0.3) is 0 Å². The minimum absolute atomic E-state index is 0.402. The van der Waals surface area contributed by atoms with Gasteiger partial charge in [-0.25, -0.2) is 9.59 Å². The van der Waals surface area contributed by atoms with Gasteiger partial charge in [-0.2, -0.15) is 0 Å². The van der Waals surface area contributed by atoms with Crippen LogP contribution >= 0.6 is 0 Å². The molecule has 1 rings (SSSR count). The smallest absolute Gasteiger partial charge is 0.326 e. The van der Waals surface area contributed by atoms with E-state index in [2.05, 4.69) is 10.6 Å². The molecule has 0 saturated carbocycles. The van der Waals surface area contributed by atoms with Crippen LogP contribution < -0.4 is 10.6 Å². The second-order valence-electron chi connectivity index (χ2n) is 4.41. The van der Waals surface area contributed by atoms with Crippen molar-refractivity contribution in [2.24, 2.45) is 5.92 Å². The van der Waals surface area contributed by atoms with Crippen molar-refractivity contribution in [1.82, 2.24) is 10.6 Å². The maximum Gasteiger partial charge on any atom is 0.326 e. The molecule has 0 aromatic carbocycles. The Morgan fingerprint density at radius 1 is 1.32 bits per heavy atom. The Balaban J connectivity index is 2.23. The van der Waals surface area contributed by atoms with Crippen LogP contribution in [-0.4, -0.2) is 54.0 Å². The molecule has 19 heavy (non-hydrogen) atoms. The molecule has 0 aromatic heterocycles. The Morgan fingerprint density at radius 2 is 2.05 bits per heavy atom. The van der Waals surface area contributed by atoms with E-state index in [9.17, 15) is 14.4 Å². The largest absolute Gasteiger partial charge is 0.481 e. The predicted molar refractivity (Wildman–Crippen MR) is 63.8 cm³/mol. The molecule has 0 spiro atoms. The number of hydrogen-bond donors (Lipinski definition) is 4. The van der Waals surface area contributed by atoms with E-state index in [0.29, 0.717) is 19.1 Å². The minimum atomic E-state index is -1.42. The molecule has 2 amide bonds. The van der Waals surface area contributed by atoms with Gasteiger partial charge in [0.2, 0.25) is 0 Å². The Kier molecular flexibility index (Phi) is 6.07. The van der Waals surface area contributed by atoms with E-state index in [-0.39, 0.29) is 0 Å². The highest BCUT2D eigenvalue weighted by Crippen LogP contribution is 2.14. The van der Waals surface area contributed by atoms with Crippen LogP contribution in [0.15, 0.2) is 0 Å². The molecule has 0 aliphatic carbocycles. The van der Waals surface area contributed by atoms with E-state index < -0.39 is 30.4 Å². The fraction of sp³-hybridized carbons (Fsp3) is 0.727. The van der Waals surface area contributed by atoms with Crippen LogP contribution in [0.25, 0.3) is 0 Å². The third kappa shape index (κ3) is 6.05. The van der Waals surface area contributed by atoms with Crippen molar-refractivity contribution in [3.05, 3.63) is 0 Å². The molecule has 2 unspecified atom stereocenters. The number of nitrogens with one attached hydrogen (secondary N) is 2. The zero-order valence-electron chi connectivity index (χ0n) is 10.4. The molecule has 8 nitrogen and oxygen atoms in total. The van der Waals surface area contributed by atoms with Gasteiger partial charge in [-0.05, 0) is 18.8 Å². The number of amides is 2. The molecule has 1 aliphatic heterocycles. The van der Waals surface area contributed by atoms with Gasteiger partial charge in [0.15, 0.2) is 0 Å². The van der Waals surface area contributed by atoms with Gasteiger partial charge >= 0.3 is 18.0 Å². The van der Waals surface area contributed by atoms with Crippen LogP contribution in [0, 0.1) is 5.92 Å². The number of urea groups is 1. The van der Waals surface area contributed by atoms with Gasteiger partial charge in [-0.1, -0.05) is 0 Å². The zero-order chi connectivity index (χ0) is 14.3. The van der Waals surface area contributed by atoms with Gasteiger partial charge < -0.3 is 25.6 Å². The van der Waals surface area contributed by atoms with Crippen molar-refractivity contribution in [2.75, 3.05) is 19.8 Å². The fourth-order valence-corrected chi connectivity index (χ4v) is 1.78. The second-order valence-corrected chi connectivity index (χ2v) is 4.41. The van der Waals surface area contributed by atoms with Gasteiger partial charge in [-0.15, -0.1) is 0 Å². The van der Waals surface area contributed by atoms with Crippen molar-refractivity contribution in [3.63, 3.8) is 0 Å². The SMILES string of the molecule is O=C(O)CC(NC(=O)NCCC1CCOC1)C(=O)O. The lowest BCUT2D eigenvalue weighted by Crippen LogP contribution is -2.47.